The van der Waals surface area contributed by atoms with Crippen molar-refractivity contribution in [1.82, 2.24) is 0 Å². The number of rotatable bonds is 5. The van der Waals surface area contributed by atoms with Gasteiger partial charge in [0.25, 0.3) is 0 Å². The highest BCUT2D eigenvalue weighted by molar-refractivity contribution is 7.14. The summed E-state index contributed by atoms with van der Waals surface area (Å²) in [7, 11) is 3.16. The molecule has 0 unspecified atom stereocenters. The van der Waals surface area contributed by atoms with Crippen molar-refractivity contribution in [3.63, 3.8) is 0 Å². The van der Waals surface area contributed by atoms with Crippen LogP contribution in [0.15, 0.2) is 24.3 Å². The molecular weight excluding hydrogens is 276 g/mol. The maximum Gasteiger partial charge on any atom is 0.345 e. The number of hydrogen-bond donors (Lipinski definition) is 1. The molecule has 0 amide bonds. The molecule has 1 N–H and O–H groups in total. The van der Waals surface area contributed by atoms with E-state index >= 15 is 0 Å². The van der Waals surface area contributed by atoms with Gasteiger partial charge in [-0.25, -0.2) is 4.79 Å². The second kappa shape index (κ2) is 5.96. The lowest BCUT2D eigenvalue weighted by atomic mass is 10.0. The first-order chi connectivity index (χ1) is 9.62. The highest BCUT2D eigenvalue weighted by atomic mass is 32.1. The van der Waals surface area contributed by atoms with Crippen molar-refractivity contribution in [2.24, 2.45) is 0 Å². The van der Waals surface area contributed by atoms with Crippen molar-refractivity contribution in [2.75, 3.05) is 14.2 Å². The topological polar surface area (TPSA) is 55.8 Å². The molecule has 2 rings (SSSR count). The van der Waals surface area contributed by atoms with E-state index in [-0.39, 0.29) is 0 Å². The van der Waals surface area contributed by atoms with E-state index in [9.17, 15) is 4.79 Å². The monoisotopic (exact) mass is 292 g/mol. The lowest BCUT2D eigenvalue weighted by Crippen LogP contribution is -1.94. The Labute approximate surface area is 121 Å². The zero-order valence-corrected chi connectivity index (χ0v) is 12.4. The molecule has 0 bridgehead atoms. The first kappa shape index (κ1) is 14.4. The third-order valence-electron chi connectivity index (χ3n) is 3.03. The van der Waals surface area contributed by atoms with E-state index in [1.807, 2.05) is 25.1 Å². The summed E-state index contributed by atoms with van der Waals surface area (Å²) < 4.78 is 10.7. The van der Waals surface area contributed by atoms with E-state index in [2.05, 4.69) is 0 Å². The van der Waals surface area contributed by atoms with Crippen LogP contribution in [0.25, 0.3) is 11.1 Å². The zero-order chi connectivity index (χ0) is 14.7. The molecule has 0 aliphatic heterocycles. The molecule has 0 aliphatic carbocycles. The Morgan fingerprint density at radius 3 is 2.55 bits per heavy atom. The summed E-state index contributed by atoms with van der Waals surface area (Å²) in [4.78, 5) is 12.5. The molecule has 0 saturated carbocycles. The van der Waals surface area contributed by atoms with Crippen LogP contribution in [0.1, 0.15) is 21.5 Å². The molecule has 0 fully saturated rings. The second-order valence-electron chi connectivity index (χ2n) is 4.15. The summed E-state index contributed by atoms with van der Waals surface area (Å²) in [5, 5.41) is 9.15. The third-order valence-corrected chi connectivity index (χ3v) is 4.30. The van der Waals surface area contributed by atoms with E-state index in [0.29, 0.717) is 16.4 Å². The second-order valence-corrected chi connectivity index (χ2v) is 5.28. The van der Waals surface area contributed by atoms with Gasteiger partial charge in [-0.1, -0.05) is 19.1 Å². The van der Waals surface area contributed by atoms with Gasteiger partial charge in [0.1, 0.15) is 4.88 Å². The molecule has 0 atom stereocenters. The van der Waals surface area contributed by atoms with Crippen molar-refractivity contribution in [2.45, 2.75) is 13.3 Å². The largest absolute Gasteiger partial charge is 0.493 e. The van der Waals surface area contributed by atoms with Crippen LogP contribution >= 0.6 is 11.3 Å². The fourth-order valence-electron chi connectivity index (χ4n) is 2.12. The number of para-hydroxylation sites is 1. The first-order valence-electron chi connectivity index (χ1n) is 6.19. The molecule has 0 radical (unpaired) electrons. The lowest BCUT2D eigenvalue weighted by Gasteiger charge is -2.12. The Bertz CT molecular complexity index is 631. The lowest BCUT2D eigenvalue weighted by molar-refractivity contribution is 0.0702. The normalized spacial score (nSPS) is 10.3. The Morgan fingerprint density at radius 1 is 1.25 bits per heavy atom. The Kier molecular flexibility index (Phi) is 4.29. The van der Waals surface area contributed by atoms with Crippen molar-refractivity contribution in [3.8, 4) is 22.6 Å². The predicted octanol–water partition coefficient (Wildman–Crippen LogP) is 3.69. The number of carboxylic acids is 1. The van der Waals surface area contributed by atoms with Crippen molar-refractivity contribution >= 4 is 17.3 Å². The number of hydrogen-bond acceptors (Lipinski definition) is 4. The summed E-state index contributed by atoms with van der Waals surface area (Å²) in [6, 6.07) is 7.30. The maximum absolute atomic E-state index is 11.1. The van der Waals surface area contributed by atoms with Crippen LogP contribution < -0.4 is 9.47 Å². The smallest absolute Gasteiger partial charge is 0.345 e. The molecule has 5 heteroatoms. The summed E-state index contributed by atoms with van der Waals surface area (Å²) in [5.74, 6) is 0.354. The summed E-state index contributed by atoms with van der Waals surface area (Å²) in [6.45, 7) is 2.01. The van der Waals surface area contributed by atoms with Crippen LogP contribution in [0.4, 0.5) is 0 Å². The first-order valence-corrected chi connectivity index (χ1v) is 7.01. The van der Waals surface area contributed by atoms with E-state index < -0.39 is 5.97 Å². The number of aryl methyl sites for hydroxylation is 1. The number of carbonyl (C=O) groups is 1. The SMILES string of the molecule is CCc1sc(C(=O)O)cc1-c1cccc(OC)c1OC. The van der Waals surface area contributed by atoms with Crippen LogP contribution in [0.3, 0.4) is 0 Å². The molecule has 2 aromatic rings. The standard InChI is InChI=1S/C15H16O4S/c1-4-12-10(8-13(20-12)15(16)17)9-6-5-7-11(18-2)14(9)19-3/h5-8H,4H2,1-3H3,(H,16,17). The molecule has 106 valence electrons. The zero-order valence-electron chi connectivity index (χ0n) is 11.6. The van der Waals surface area contributed by atoms with Gasteiger partial charge in [0.05, 0.1) is 14.2 Å². The number of methoxy groups -OCH3 is 2. The minimum Gasteiger partial charge on any atom is -0.493 e. The van der Waals surface area contributed by atoms with Gasteiger partial charge in [-0.2, -0.15) is 0 Å². The van der Waals surface area contributed by atoms with Gasteiger partial charge in [0, 0.05) is 16.0 Å². The van der Waals surface area contributed by atoms with Gasteiger partial charge in [0.2, 0.25) is 0 Å². The molecule has 0 aliphatic rings. The van der Waals surface area contributed by atoms with Crippen molar-refractivity contribution in [3.05, 3.63) is 34.0 Å². The van der Waals surface area contributed by atoms with Gasteiger partial charge in [-0.3, -0.25) is 0 Å². The molecule has 1 heterocycles. The Morgan fingerprint density at radius 2 is 2.00 bits per heavy atom. The number of carboxylic acid groups (broad SMARTS) is 1. The third kappa shape index (κ3) is 2.49. The average molecular weight is 292 g/mol. The van der Waals surface area contributed by atoms with E-state index in [0.717, 1.165) is 22.4 Å². The average Bonchev–Trinajstić information content (AvgIpc) is 2.90. The fourth-order valence-corrected chi connectivity index (χ4v) is 3.08. The number of ether oxygens (including phenoxy) is 2. The minimum atomic E-state index is -0.905. The molecule has 1 aromatic carbocycles. The number of thiophene rings is 1. The molecule has 4 nitrogen and oxygen atoms in total. The number of benzene rings is 1. The summed E-state index contributed by atoms with van der Waals surface area (Å²) >= 11 is 1.30. The van der Waals surface area contributed by atoms with E-state index in [1.165, 1.54) is 11.3 Å². The fraction of sp³-hybridized carbons (Fsp3) is 0.267. The van der Waals surface area contributed by atoms with Gasteiger partial charge >= 0.3 is 5.97 Å². The van der Waals surface area contributed by atoms with Crippen LogP contribution in [-0.4, -0.2) is 25.3 Å². The molecule has 1 aromatic heterocycles. The van der Waals surface area contributed by atoms with Gasteiger partial charge in [0.15, 0.2) is 11.5 Å². The van der Waals surface area contributed by atoms with Crippen LogP contribution in [0, 0.1) is 0 Å². The minimum absolute atomic E-state index is 0.335. The van der Waals surface area contributed by atoms with Crippen LogP contribution in [-0.2, 0) is 6.42 Å². The van der Waals surface area contributed by atoms with Gasteiger partial charge < -0.3 is 14.6 Å². The summed E-state index contributed by atoms with van der Waals surface area (Å²) in [5.41, 5.74) is 1.75. The van der Waals surface area contributed by atoms with E-state index in [1.54, 1.807) is 20.3 Å². The maximum atomic E-state index is 11.1. The van der Waals surface area contributed by atoms with Gasteiger partial charge in [-0.15, -0.1) is 11.3 Å². The van der Waals surface area contributed by atoms with Gasteiger partial charge in [-0.05, 0) is 18.6 Å². The van der Waals surface area contributed by atoms with E-state index in [4.69, 9.17) is 14.6 Å². The quantitative estimate of drug-likeness (QED) is 0.913. The highest BCUT2D eigenvalue weighted by Crippen LogP contribution is 2.41. The number of aromatic carboxylic acids is 1. The Balaban J connectivity index is 2.64. The highest BCUT2D eigenvalue weighted by Gasteiger charge is 2.18. The van der Waals surface area contributed by atoms with Crippen molar-refractivity contribution in [1.29, 1.82) is 0 Å². The molecule has 0 spiro atoms. The molecule has 20 heavy (non-hydrogen) atoms. The van der Waals surface area contributed by atoms with Crippen LogP contribution in [0.5, 0.6) is 11.5 Å². The summed E-state index contributed by atoms with van der Waals surface area (Å²) in [6.07, 6.45) is 0.771. The predicted molar refractivity (Wildman–Crippen MR) is 79.2 cm³/mol. The molecular formula is C15H16O4S. The van der Waals surface area contributed by atoms with Crippen LogP contribution in [0.2, 0.25) is 0 Å². The van der Waals surface area contributed by atoms with Crippen molar-refractivity contribution < 1.29 is 19.4 Å². The molecule has 0 saturated heterocycles. The Hall–Kier alpha value is -2.01.